The second kappa shape index (κ2) is 7.15. The molecule has 0 radical (unpaired) electrons. The van der Waals surface area contributed by atoms with Gasteiger partial charge in [-0.15, -0.1) is 0 Å². The minimum Gasteiger partial charge on any atom is -0.373 e. The van der Waals surface area contributed by atoms with E-state index >= 15 is 0 Å². The lowest BCUT2D eigenvalue weighted by Crippen LogP contribution is -2.50. The zero-order chi connectivity index (χ0) is 16.5. The van der Waals surface area contributed by atoms with E-state index in [2.05, 4.69) is 54.0 Å². The highest BCUT2D eigenvalue weighted by Crippen LogP contribution is 2.40. The highest BCUT2D eigenvalue weighted by molar-refractivity contribution is 5.15. The molecule has 1 aromatic carbocycles. The molecule has 2 bridgehead atoms. The minimum atomic E-state index is 0.392. The summed E-state index contributed by atoms with van der Waals surface area (Å²) in [7, 11) is 0. The van der Waals surface area contributed by atoms with E-state index in [1.165, 1.54) is 37.8 Å². The first-order valence-corrected chi connectivity index (χ1v) is 9.85. The van der Waals surface area contributed by atoms with E-state index in [9.17, 15) is 0 Å². The SMILES string of the molecule is CC1CN(CC2CC3CCC(C2)N3Cc2ccccc2)CC(C)O1. The van der Waals surface area contributed by atoms with E-state index < -0.39 is 0 Å². The standard InChI is InChI=1S/C21H32N2O/c1-16-12-22(13-17(2)24-16)14-19-10-20-8-9-21(11-19)23(20)15-18-6-4-3-5-7-18/h3-7,16-17,19-21H,8-15H2,1-2H3. The minimum absolute atomic E-state index is 0.392. The van der Waals surface area contributed by atoms with Crippen LogP contribution in [0.2, 0.25) is 0 Å². The first-order valence-electron chi connectivity index (χ1n) is 9.85. The Kier molecular flexibility index (Phi) is 4.93. The molecule has 0 N–H and O–H groups in total. The predicted octanol–water partition coefficient (Wildman–Crippen LogP) is 3.54. The molecular weight excluding hydrogens is 296 g/mol. The Morgan fingerprint density at radius 2 is 1.58 bits per heavy atom. The van der Waals surface area contributed by atoms with Crippen LogP contribution in [-0.4, -0.2) is 53.7 Å². The van der Waals surface area contributed by atoms with Crippen molar-refractivity contribution in [1.82, 2.24) is 9.80 Å². The van der Waals surface area contributed by atoms with Crippen LogP contribution in [-0.2, 0) is 11.3 Å². The van der Waals surface area contributed by atoms with Crippen molar-refractivity contribution in [3.05, 3.63) is 35.9 Å². The molecule has 3 aliphatic heterocycles. The van der Waals surface area contributed by atoms with Crippen LogP contribution < -0.4 is 0 Å². The Bertz CT molecular complexity index is 510. The molecule has 132 valence electrons. The molecule has 0 spiro atoms. The molecule has 1 aromatic rings. The van der Waals surface area contributed by atoms with Crippen molar-refractivity contribution in [3.8, 4) is 0 Å². The molecule has 3 heteroatoms. The molecule has 4 rings (SSSR count). The second-order valence-corrected chi connectivity index (χ2v) is 8.36. The van der Waals surface area contributed by atoms with E-state index in [0.29, 0.717) is 12.2 Å². The van der Waals surface area contributed by atoms with E-state index in [-0.39, 0.29) is 0 Å². The fourth-order valence-electron chi connectivity index (χ4n) is 5.39. The van der Waals surface area contributed by atoms with Crippen molar-refractivity contribution >= 4 is 0 Å². The van der Waals surface area contributed by atoms with Gasteiger partial charge in [0.1, 0.15) is 0 Å². The monoisotopic (exact) mass is 328 g/mol. The first kappa shape index (κ1) is 16.6. The van der Waals surface area contributed by atoms with Gasteiger partial charge in [-0.05, 0) is 51.0 Å². The number of hydrogen-bond acceptors (Lipinski definition) is 3. The first-order chi connectivity index (χ1) is 11.7. The summed E-state index contributed by atoms with van der Waals surface area (Å²) in [6.45, 7) is 9.09. The number of hydrogen-bond donors (Lipinski definition) is 0. The van der Waals surface area contributed by atoms with Gasteiger partial charge in [-0.1, -0.05) is 30.3 Å². The smallest absolute Gasteiger partial charge is 0.0678 e. The van der Waals surface area contributed by atoms with Gasteiger partial charge in [0.15, 0.2) is 0 Å². The summed E-state index contributed by atoms with van der Waals surface area (Å²) >= 11 is 0. The zero-order valence-corrected chi connectivity index (χ0v) is 15.2. The van der Waals surface area contributed by atoms with Crippen LogP contribution in [0.3, 0.4) is 0 Å². The summed E-state index contributed by atoms with van der Waals surface area (Å²) in [5, 5.41) is 0. The topological polar surface area (TPSA) is 15.7 Å². The molecule has 3 aliphatic rings. The van der Waals surface area contributed by atoms with Crippen molar-refractivity contribution in [2.24, 2.45) is 5.92 Å². The van der Waals surface area contributed by atoms with Crippen LogP contribution in [0.15, 0.2) is 30.3 Å². The van der Waals surface area contributed by atoms with E-state index in [1.54, 1.807) is 0 Å². The van der Waals surface area contributed by atoms with Gasteiger partial charge in [-0.3, -0.25) is 9.80 Å². The van der Waals surface area contributed by atoms with Gasteiger partial charge in [0, 0.05) is 38.3 Å². The van der Waals surface area contributed by atoms with Gasteiger partial charge in [0.2, 0.25) is 0 Å². The lowest BCUT2D eigenvalue weighted by Gasteiger charge is -2.42. The quantitative estimate of drug-likeness (QED) is 0.841. The van der Waals surface area contributed by atoms with Crippen LogP contribution in [0, 0.1) is 5.92 Å². The van der Waals surface area contributed by atoms with Crippen molar-refractivity contribution in [1.29, 1.82) is 0 Å². The molecule has 0 aromatic heterocycles. The molecule has 4 unspecified atom stereocenters. The molecule has 4 atom stereocenters. The Hall–Kier alpha value is -0.900. The van der Waals surface area contributed by atoms with Crippen LogP contribution in [0.4, 0.5) is 0 Å². The summed E-state index contributed by atoms with van der Waals surface area (Å²) in [5.41, 5.74) is 1.48. The van der Waals surface area contributed by atoms with E-state index in [4.69, 9.17) is 4.74 Å². The molecule has 3 saturated heterocycles. The molecule has 24 heavy (non-hydrogen) atoms. The van der Waals surface area contributed by atoms with Gasteiger partial charge in [-0.2, -0.15) is 0 Å². The van der Waals surface area contributed by atoms with Gasteiger partial charge in [0.25, 0.3) is 0 Å². The van der Waals surface area contributed by atoms with Crippen LogP contribution >= 0.6 is 0 Å². The second-order valence-electron chi connectivity index (χ2n) is 8.36. The number of fused-ring (bicyclic) bond motifs is 2. The summed E-state index contributed by atoms with van der Waals surface area (Å²) in [4.78, 5) is 5.46. The Labute approximate surface area is 147 Å². The maximum absolute atomic E-state index is 5.89. The molecule has 3 heterocycles. The lowest BCUT2D eigenvalue weighted by atomic mass is 9.89. The van der Waals surface area contributed by atoms with Crippen LogP contribution in [0.1, 0.15) is 45.1 Å². The number of ether oxygens (including phenoxy) is 1. The third kappa shape index (κ3) is 3.68. The normalized spacial score (nSPS) is 37.7. The van der Waals surface area contributed by atoms with Gasteiger partial charge in [-0.25, -0.2) is 0 Å². The number of rotatable bonds is 4. The van der Waals surface area contributed by atoms with Crippen molar-refractivity contribution in [2.45, 2.75) is 70.4 Å². The highest BCUT2D eigenvalue weighted by Gasteiger charge is 2.41. The predicted molar refractivity (Wildman–Crippen MR) is 98.0 cm³/mol. The molecule has 3 nitrogen and oxygen atoms in total. The summed E-state index contributed by atoms with van der Waals surface area (Å²) in [6, 6.07) is 12.6. The summed E-state index contributed by atoms with van der Waals surface area (Å²) in [6.07, 6.45) is 6.38. The van der Waals surface area contributed by atoms with E-state index in [1.807, 2.05) is 0 Å². The lowest BCUT2D eigenvalue weighted by molar-refractivity contribution is -0.0747. The zero-order valence-electron chi connectivity index (χ0n) is 15.2. The maximum atomic E-state index is 5.89. The number of piperidine rings is 1. The van der Waals surface area contributed by atoms with Crippen molar-refractivity contribution in [3.63, 3.8) is 0 Å². The van der Waals surface area contributed by atoms with Gasteiger partial charge in [0.05, 0.1) is 12.2 Å². The van der Waals surface area contributed by atoms with Gasteiger partial charge >= 0.3 is 0 Å². The van der Waals surface area contributed by atoms with Crippen LogP contribution in [0.5, 0.6) is 0 Å². The fourth-order valence-corrected chi connectivity index (χ4v) is 5.39. The Morgan fingerprint density at radius 3 is 2.21 bits per heavy atom. The molecule has 3 fully saturated rings. The molecule has 0 amide bonds. The molecular formula is C21H32N2O. The van der Waals surface area contributed by atoms with Crippen molar-refractivity contribution in [2.75, 3.05) is 19.6 Å². The third-order valence-corrected chi connectivity index (χ3v) is 6.20. The van der Waals surface area contributed by atoms with Gasteiger partial charge < -0.3 is 4.74 Å². The number of benzene rings is 1. The largest absolute Gasteiger partial charge is 0.373 e. The number of nitrogens with zero attached hydrogens (tertiary/aromatic N) is 2. The molecule has 0 aliphatic carbocycles. The van der Waals surface area contributed by atoms with Crippen LogP contribution in [0.25, 0.3) is 0 Å². The average Bonchev–Trinajstić information content (AvgIpc) is 2.78. The fraction of sp³-hybridized carbons (Fsp3) is 0.714. The highest BCUT2D eigenvalue weighted by atomic mass is 16.5. The average molecular weight is 329 g/mol. The Morgan fingerprint density at radius 1 is 0.958 bits per heavy atom. The third-order valence-electron chi connectivity index (χ3n) is 6.20. The van der Waals surface area contributed by atoms with Crippen molar-refractivity contribution < 1.29 is 4.74 Å². The summed E-state index contributed by atoms with van der Waals surface area (Å²) < 4.78 is 5.89. The molecule has 0 saturated carbocycles. The number of morpholine rings is 1. The summed E-state index contributed by atoms with van der Waals surface area (Å²) in [5.74, 6) is 0.882. The maximum Gasteiger partial charge on any atom is 0.0678 e. The Balaban J connectivity index is 1.34. The van der Waals surface area contributed by atoms with E-state index in [0.717, 1.165) is 37.6 Å².